The van der Waals surface area contributed by atoms with E-state index in [4.69, 9.17) is 27.9 Å². The summed E-state index contributed by atoms with van der Waals surface area (Å²) in [6.45, 7) is 4.22. The van der Waals surface area contributed by atoms with Crippen molar-refractivity contribution >= 4 is 40.9 Å². The molecule has 25 heavy (non-hydrogen) atoms. The van der Waals surface area contributed by atoms with Gasteiger partial charge in [0.05, 0.1) is 0 Å². The molecule has 0 spiro atoms. The summed E-state index contributed by atoms with van der Waals surface area (Å²) in [6.07, 6.45) is -0.561. The van der Waals surface area contributed by atoms with Gasteiger partial charge in [0, 0.05) is 28.1 Å². The van der Waals surface area contributed by atoms with Gasteiger partial charge < -0.3 is 10.1 Å². The number of amides is 1. The molecule has 2 rings (SSSR count). The Morgan fingerprint density at radius 3 is 2.68 bits per heavy atom. The van der Waals surface area contributed by atoms with E-state index in [1.54, 1.807) is 30.8 Å². The molecule has 0 aliphatic rings. The first-order valence-corrected chi connectivity index (χ1v) is 9.90. The third kappa shape index (κ3) is 6.46. The third-order valence-electron chi connectivity index (χ3n) is 3.57. The van der Waals surface area contributed by atoms with Gasteiger partial charge in [-0.25, -0.2) is 0 Å². The minimum absolute atomic E-state index is 0.133. The van der Waals surface area contributed by atoms with Gasteiger partial charge in [0.2, 0.25) is 0 Å². The maximum Gasteiger partial charge on any atom is 0.260 e. The first-order chi connectivity index (χ1) is 12.0. The molecule has 0 saturated carbocycles. The summed E-state index contributed by atoms with van der Waals surface area (Å²) in [7, 11) is 0. The highest BCUT2D eigenvalue weighted by Crippen LogP contribution is 2.22. The number of nitrogens with one attached hydrogen (secondary N) is 1. The van der Waals surface area contributed by atoms with Gasteiger partial charge in [0.25, 0.3) is 5.91 Å². The van der Waals surface area contributed by atoms with Crippen LogP contribution in [0.4, 0.5) is 0 Å². The van der Waals surface area contributed by atoms with Crippen molar-refractivity contribution in [1.29, 1.82) is 0 Å². The van der Waals surface area contributed by atoms with Gasteiger partial charge in [-0.2, -0.15) is 11.8 Å². The molecule has 0 aromatic heterocycles. The number of hydrogen-bond acceptors (Lipinski definition) is 3. The van der Waals surface area contributed by atoms with Crippen LogP contribution >= 0.6 is 35.0 Å². The molecule has 0 aliphatic carbocycles. The van der Waals surface area contributed by atoms with E-state index in [1.807, 2.05) is 37.3 Å². The van der Waals surface area contributed by atoms with Gasteiger partial charge in [-0.3, -0.25) is 4.79 Å². The van der Waals surface area contributed by atoms with Gasteiger partial charge in [-0.15, -0.1) is 0 Å². The van der Waals surface area contributed by atoms with Gasteiger partial charge in [0.15, 0.2) is 6.10 Å². The minimum Gasteiger partial charge on any atom is -0.481 e. The number of aryl methyl sites for hydroxylation is 1. The van der Waals surface area contributed by atoms with Crippen LogP contribution in [0, 0.1) is 6.92 Å². The summed E-state index contributed by atoms with van der Waals surface area (Å²) in [6, 6.07) is 13.1. The van der Waals surface area contributed by atoms with Gasteiger partial charge in [-0.05, 0) is 49.2 Å². The Hall–Kier alpha value is -1.36. The quantitative estimate of drug-likeness (QED) is 0.628. The number of thioether (sulfide) groups is 1. The number of carbonyl (C=O) groups excluding carboxylic acids is 1. The average Bonchev–Trinajstić information content (AvgIpc) is 2.59. The molecule has 0 aliphatic heterocycles. The Morgan fingerprint density at radius 1 is 1.20 bits per heavy atom. The number of rotatable bonds is 8. The molecule has 0 bridgehead atoms. The average molecular weight is 398 g/mol. The molecule has 6 heteroatoms. The van der Waals surface area contributed by atoms with Crippen LogP contribution in [-0.4, -0.2) is 24.3 Å². The van der Waals surface area contributed by atoms with E-state index in [-0.39, 0.29) is 5.91 Å². The second-order valence-electron chi connectivity index (χ2n) is 5.61. The molecule has 3 nitrogen and oxygen atoms in total. The van der Waals surface area contributed by atoms with Crippen LogP contribution in [0.5, 0.6) is 5.75 Å². The largest absolute Gasteiger partial charge is 0.481 e. The molecule has 1 atom stereocenters. The first kappa shape index (κ1) is 20.0. The zero-order valence-electron chi connectivity index (χ0n) is 14.2. The van der Waals surface area contributed by atoms with E-state index in [2.05, 4.69) is 5.32 Å². The Kier molecular flexibility index (Phi) is 7.94. The molecule has 0 radical (unpaired) electrons. The summed E-state index contributed by atoms with van der Waals surface area (Å²) in [5.41, 5.74) is 2.03. The summed E-state index contributed by atoms with van der Waals surface area (Å²) >= 11 is 13.8. The maximum atomic E-state index is 12.1. The van der Waals surface area contributed by atoms with Gasteiger partial charge >= 0.3 is 0 Å². The SMILES string of the molecule is Cc1cc(O[C@H](C)C(=O)NCCSCc2ccccc2Cl)ccc1Cl. The van der Waals surface area contributed by atoms with E-state index >= 15 is 0 Å². The monoisotopic (exact) mass is 397 g/mol. The molecule has 1 amide bonds. The second kappa shape index (κ2) is 9.95. The van der Waals surface area contributed by atoms with E-state index < -0.39 is 6.10 Å². The molecule has 134 valence electrons. The van der Waals surface area contributed by atoms with Crippen molar-refractivity contribution < 1.29 is 9.53 Å². The fraction of sp³-hybridized carbons (Fsp3) is 0.316. The van der Waals surface area contributed by atoms with Crippen molar-refractivity contribution in [3.8, 4) is 5.75 Å². The molecule has 0 saturated heterocycles. The number of carbonyl (C=O) groups is 1. The van der Waals surface area contributed by atoms with E-state index in [0.29, 0.717) is 17.3 Å². The first-order valence-electron chi connectivity index (χ1n) is 7.99. The predicted molar refractivity (Wildman–Crippen MR) is 107 cm³/mol. The number of benzene rings is 2. The van der Waals surface area contributed by atoms with Crippen LogP contribution in [0.15, 0.2) is 42.5 Å². The van der Waals surface area contributed by atoms with Crippen molar-refractivity contribution in [3.05, 3.63) is 63.6 Å². The van der Waals surface area contributed by atoms with Crippen LogP contribution in [-0.2, 0) is 10.5 Å². The third-order valence-corrected chi connectivity index (χ3v) is 5.37. The molecule has 0 unspecified atom stereocenters. The fourth-order valence-corrected chi connectivity index (χ4v) is 3.40. The lowest BCUT2D eigenvalue weighted by Gasteiger charge is -2.15. The minimum atomic E-state index is -0.561. The van der Waals surface area contributed by atoms with Crippen molar-refractivity contribution in [2.45, 2.75) is 25.7 Å². The van der Waals surface area contributed by atoms with Crippen LogP contribution in [0.1, 0.15) is 18.1 Å². The smallest absolute Gasteiger partial charge is 0.260 e. The lowest BCUT2D eigenvalue weighted by atomic mass is 10.2. The van der Waals surface area contributed by atoms with Crippen molar-refractivity contribution in [3.63, 3.8) is 0 Å². The number of ether oxygens (including phenoxy) is 1. The topological polar surface area (TPSA) is 38.3 Å². The van der Waals surface area contributed by atoms with E-state index in [0.717, 1.165) is 27.7 Å². The predicted octanol–water partition coefficient (Wildman–Crippen LogP) is 5.12. The zero-order valence-corrected chi connectivity index (χ0v) is 16.5. The highest BCUT2D eigenvalue weighted by atomic mass is 35.5. The van der Waals surface area contributed by atoms with Crippen LogP contribution < -0.4 is 10.1 Å². The molecular weight excluding hydrogens is 377 g/mol. The molecule has 0 fully saturated rings. The highest BCUT2D eigenvalue weighted by molar-refractivity contribution is 7.98. The lowest BCUT2D eigenvalue weighted by Crippen LogP contribution is -2.37. The van der Waals surface area contributed by atoms with Gasteiger partial charge in [0.1, 0.15) is 5.75 Å². The summed E-state index contributed by atoms with van der Waals surface area (Å²) in [5.74, 6) is 2.14. The summed E-state index contributed by atoms with van der Waals surface area (Å²) in [5, 5.41) is 4.34. The summed E-state index contributed by atoms with van der Waals surface area (Å²) < 4.78 is 5.66. The number of hydrogen-bond donors (Lipinski definition) is 1. The van der Waals surface area contributed by atoms with E-state index in [1.165, 1.54) is 0 Å². The molecule has 2 aromatic carbocycles. The Labute approximate surface area is 163 Å². The zero-order chi connectivity index (χ0) is 18.2. The summed E-state index contributed by atoms with van der Waals surface area (Å²) in [4.78, 5) is 12.1. The van der Waals surface area contributed by atoms with E-state index in [9.17, 15) is 4.79 Å². The van der Waals surface area contributed by atoms with Crippen LogP contribution in [0.25, 0.3) is 0 Å². The highest BCUT2D eigenvalue weighted by Gasteiger charge is 2.14. The molecule has 1 N–H and O–H groups in total. The standard InChI is InChI=1S/C19H21Cl2NO2S/c1-13-11-16(7-8-17(13)20)24-14(2)19(23)22-9-10-25-12-15-5-3-4-6-18(15)21/h3-8,11,14H,9-10,12H2,1-2H3,(H,22,23)/t14-/m1/s1. The molecule has 0 heterocycles. The maximum absolute atomic E-state index is 12.1. The second-order valence-corrected chi connectivity index (χ2v) is 7.53. The van der Waals surface area contributed by atoms with Crippen LogP contribution in [0.2, 0.25) is 10.0 Å². The van der Waals surface area contributed by atoms with Crippen molar-refractivity contribution in [2.75, 3.05) is 12.3 Å². The fourth-order valence-electron chi connectivity index (χ4n) is 2.14. The van der Waals surface area contributed by atoms with Crippen molar-refractivity contribution in [1.82, 2.24) is 5.32 Å². The Bertz CT molecular complexity index is 724. The number of halogens is 2. The lowest BCUT2D eigenvalue weighted by molar-refractivity contribution is -0.127. The Balaban J connectivity index is 1.69. The van der Waals surface area contributed by atoms with Crippen LogP contribution in [0.3, 0.4) is 0 Å². The molecular formula is C19H21Cl2NO2S. The Morgan fingerprint density at radius 2 is 1.96 bits per heavy atom. The molecule has 2 aromatic rings. The van der Waals surface area contributed by atoms with Crippen molar-refractivity contribution in [2.24, 2.45) is 0 Å². The van der Waals surface area contributed by atoms with Gasteiger partial charge in [-0.1, -0.05) is 41.4 Å². The normalized spacial score (nSPS) is 11.8.